The van der Waals surface area contributed by atoms with Gasteiger partial charge in [-0.1, -0.05) is 176 Å². The largest absolute Gasteiger partial charge is 0.459 e. The Bertz CT molecular complexity index is 3130. The van der Waals surface area contributed by atoms with E-state index in [4.69, 9.17) is 35.2 Å². The third-order valence-corrected chi connectivity index (χ3v) is 11.0. The number of hydrogen-bond donors (Lipinski definition) is 3. The Morgan fingerprint density at radius 3 is 1.26 bits per heavy atom. The molecule has 0 saturated heterocycles. The molecule has 0 aliphatic rings. The number of aromatic nitrogens is 6. The number of aliphatic imine (C=N–C) groups is 1. The van der Waals surface area contributed by atoms with E-state index in [2.05, 4.69) is 51.9 Å². The van der Waals surface area contributed by atoms with Crippen LogP contribution in [0, 0.1) is 12.3 Å². The van der Waals surface area contributed by atoms with Crippen LogP contribution in [0.2, 0.25) is 0 Å². The summed E-state index contributed by atoms with van der Waals surface area (Å²) < 4.78 is 29.8. The smallest absolute Gasteiger partial charge is 0.408 e. The number of nitrogens with one attached hydrogen (secondary N) is 2. The summed E-state index contributed by atoms with van der Waals surface area (Å²) in [5.74, 6) is 0.698. The van der Waals surface area contributed by atoms with Crippen molar-refractivity contribution in [1.82, 2.24) is 40.6 Å². The minimum absolute atomic E-state index is 0.0346. The van der Waals surface area contributed by atoms with Crippen LogP contribution >= 0.6 is 0 Å². The molecule has 7 aromatic rings. The molecule has 5 aromatic carbocycles. The minimum Gasteiger partial charge on any atom is -0.459 e. The van der Waals surface area contributed by atoms with Crippen LogP contribution in [0.4, 0.5) is 9.59 Å². The molecule has 87 heavy (non-hydrogen) atoms. The maximum atomic E-state index is 12.8. The molecular weight excluding hydrogens is 1110 g/mol. The van der Waals surface area contributed by atoms with E-state index >= 15 is 0 Å². The van der Waals surface area contributed by atoms with Gasteiger partial charge < -0.3 is 44.3 Å². The summed E-state index contributed by atoms with van der Waals surface area (Å²) in [7, 11) is 2.35. The van der Waals surface area contributed by atoms with Gasteiger partial charge in [-0.2, -0.15) is 4.89 Å². The highest BCUT2D eigenvalue weighted by atomic mass is 17.2. The van der Waals surface area contributed by atoms with Crippen molar-refractivity contribution in [3.63, 3.8) is 0 Å². The number of terminal acetylenes is 1. The van der Waals surface area contributed by atoms with Crippen LogP contribution < -0.4 is 10.6 Å². The zero-order valence-electron chi connectivity index (χ0n) is 51.1. The lowest BCUT2D eigenvalue weighted by Gasteiger charge is -2.22. The minimum atomic E-state index is -0.963. The van der Waals surface area contributed by atoms with Gasteiger partial charge in [-0.15, -0.1) is 22.5 Å². The number of rotatable bonds is 23. The topological polar surface area (TPSA) is 268 Å². The maximum absolute atomic E-state index is 12.8. The Hall–Kier alpha value is -9.72. The van der Waals surface area contributed by atoms with Gasteiger partial charge in [0.1, 0.15) is 43.1 Å². The fourth-order valence-electron chi connectivity index (χ4n) is 7.19. The van der Waals surface area contributed by atoms with Crippen molar-refractivity contribution in [2.24, 2.45) is 4.99 Å². The first-order chi connectivity index (χ1) is 41.8. The highest BCUT2D eigenvalue weighted by Gasteiger charge is 2.28. The Balaban J connectivity index is 0.000000337. The van der Waals surface area contributed by atoms with Gasteiger partial charge >= 0.3 is 30.1 Å². The van der Waals surface area contributed by atoms with Crippen molar-refractivity contribution < 1.29 is 62.5 Å². The summed E-state index contributed by atoms with van der Waals surface area (Å²) in [5, 5.41) is 28.6. The highest BCUT2D eigenvalue weighted by molar-refractivity contribution is 5.82. The van der Waals surface area contributed by atoms with Gasteiger partial charge in [-0.05, 0) is 69.4 Å². The summed E-state index contributed by atoms with van der Waals surface area (Å²) in [6.07, 6.45) is 8.83. The van der Waals surface area contributed by atoms with E-state index in [0.29, 0.717) is 24.5 Å². The van der Waals surface area contributed by atoms with Crippen LogP contribution in [0.25, 0.3) is 0 Å². The molecule has 0 aliphatic carbocycles. The Morgan fingerprint density at radius 2 is 0.897 bits per heavy atom. The van der Waals surface area contributed by atoms with Gasteiger partial charge in [0, 0.05) is 38.8 Å². The molecule has 2 aromatic heterocycles. The number of carbonyl (C=O) groups is 5. The van der Waals surface area contributed by atoms with Crippen molar-refractivity contribution in [2.45, 2.75) is 137 Å². The molecule has 2 heterocycles. The Labute approximate surface area is 509 Å². The van der Waals surface area contributed by atoms with Crippen molar-refractivity contribution in [1.29, 1.82) is 0 Å². The SMILES string of the molecule is C#CC[C@H](NC(=O)OC(C)(C)C)C(=O)OCc1ccccc1.CC.CC(C)(C)OC(=O)N[C@@H](Cc1cn(Cc2ccccc2)nn1)C(=O)OCc1ccccc1.CO.COOC=N[C@@H](Cc1cn(Cc2ccccc2)nn1)C(=O)OCc1ccccc1. The zero-order valence-corrected chi connectivity index (χ0v) is 51.1. The number of hydrogen-bond acceptors (Lipinski definition) is 18. The molecule has 0 bridgehead atoms. The summed E-state index contributed by atoms with van der Waals surface area (Å²) in [4.78, 5) is 74.6. The van der Waals surface area contributed by atoms with E-state index in [0.717, 1.165) is 41.3 Å². The van der Waals surface area contributed by atoms with E-state index in [1.54, 1.807) is 63.3 Å². The number of aliphatic hydroxyl groups is 1. The molecular formula is C65H81N9O13. The van der Waals surface area contributed by atoms with Gasteiger partial charge in [-0.3, -0.25) is 0 Å². The first-order valence-corrected chi connectivity index (χ1v) is 27.9. The number of benzene rings is 5. The molecule has 0 aliphatic heterocycles. The third-order valence-electron chi connectivity index (χ3n) is 11.0. The van der Waals surface area contributed by atoms with Gasteiger partial charge in [0.15, 0.2) is 6.04 Å². The molecule has 22 nitrogen and oxygen atoms in total. The van der Waals surface area contributed by atoms with E-state index in [9.17, 15) is 24.0 Å². The second-order valence-electron chi connectivity index (χ2n) is 20.3. The molecule has 3 N–H and O–H groups in total. The van der Waals surface area contributed by atoms with Crippen LogP contribution in [-0.4, -0.2) is 115 Å². The average molecular weight is 1200 g/mol. The van der Waals surface area contributed by atoms with Gasteiger partial charge in [0.25, 0.3) is 0 Å². The number of carbonyl (C=O) groups excluding carboxylic acids is 5. The van der Waals surface area contributed by atoms with E-state index in [1.165, 1.54) is 7.11 Å². The number of ether oxygens (including phenoxy) is 5. The Morgan fingerprint density at radius 1 is 0.552 bits per heavy atom. The molecule has 0 fully saturated rings. The lowest BCUT2D eigenvalue weighted by molar-refractivity contribution is -0.188. The quantitative estimate of drug-likeness (QED) is 0.0102. The first kappa shape index (κ1) is 71.5. The molecule has 0 unspecified atom stereocenters. The molecule has 7 rings (SSSR count). The second kappa shape index (κ2) is 39.8. The maximum Gasteiger partial charge on any atom is 0.408 e. The van der Waals surface area contributed by atoms with Gasteiger partial charge in [-0.25, -0.2) is 38.3 Å². The fourth-order valence-corrected chi connectivity index (χ4v) is 7.19. The van der Waals surface area contributed by atoms with Crippen LogP contribution in [0.5, 0.6) is 0 Å². The second-order valence-corrected chi connectivity index (χ2v) is 20.3. The van der Waals surface area contributed by atoms with E-state index < -0.39 is 59.4 Å². The van der Waals surface area contributed by atoms with Gasteiger partial charge in [0.05, 0.1) is 31.6 Å². The summed E-state index contributed by atoms with van der Waals surface area (Å²) in [6, 6.07) is 45.1. The normalized spacial score (nSPS) is 11.6. The molecule has 0 saturated carbocycles. The standard InChI is InChI=1S/C24H28N4O4.C21H22N4O4.C17H21NO4.C2H6.CH4O/c1-24(2,3)32-23(30)25-21(22(29)31-17-19-12-8-5-9-13-19)14-20-16-28(27-26-20)15-18-10-6-4-7-11-18;1-27-29-16-22-20(21(26)28-15-18-10-6-3-7-11-18)12-19-14-25(24-23-19)13-17-8-4-2-5-9-17;1-5-9-14(18-16(20)22-17(2,3)4)15(19)21-12-13-10-7-6-8-11-13;2*1-2/h4-13,16,21H,14-15,17H2,1-3H3,(H,25,30);2-11,14,16,20H,12-13,15H2,1H3;1,6-8,10-11,14H,9,12H2,2-4H3,(H,18,20);1-2H3;2H,1H3/t21-;20-;14-;;/m000../s1. The number of amides is 2. The lowest BCUT2D eigenvalue weighted by Crippen LogP contribution is -2.45. The summed E-state index contributed by atoms with van der Waals surface area (Å²) >= 11 is 0. The fraction of sp³-hybridized carbons (Fsp3) is 0.354. The molecule has 464 valence electrons. The zero-order chi connectivity index (χ0) is 63.9. The summed E-state index contributed by atoms with van der Waals surface area (Å²) in [6.45, 7) is 16.0. The Kier molecular flexibility index (Phi) is 32.7. The van der Waals surface area contributed by atoms with Crippen molar-refractivity contribution in [3.8, 4) is 12.3 Å². The van der Waals surface area contributed by atoms with Gasteiger partial charge in [0.2, 0.25) is 6.40 Å². The molecule has 3 atom stereocenters. The molecule has 2 amide bonds. The lowest BCUT2D eigenvalue weighted by atomic mass is 10.1. The average Bonchev–Trinajstić information content (AvgIpc) is 4.42. The highest BCUT2D eigenvalue weighted by Crippen LogP contribution is 2.14. The predicted octanol–water partition coefficient (Wildman–Crippen LogP) is 9.37. The van der Waals surface area contributed by atoms with Crippen LogP contribution in [0.3, 0.4) is 0 Å². The van der Waals surface area contributed by atoms with E-state index in [-0.39, 0.29) is 39.1 Å². The van der Waals surface area contributed by atoms with Crippen molar-refractivity contribution in [3.05, 3.63) is 203 Å². The van der Waals surface area contributed by atoms with Crippen LogP contribution in [0.1, 0.15) is 101 Å². The first-order valence-electron chi connectivity index (χ1n) is 27.9. The molecule has 0 radical (unpaired) electrons. The van der Waals surface area contributed by atoms with Crippen LogP contribution in [0.15, 0.2) is 169 Å². The van der Waals surface area contributed by atoms with Crippen molar-refractivity contribution >= 4 is 36.5 Å². The third kappa shape index (κ3) is 30.6. The summed E-state index contributed by atoms with van der Waals surface area (Å²) in [5.41, 5.74) is 4.61. The van der Waals surface area contributed by atoms with Crippen LogP contribution in [-0.2, 0) is 93.6 Å². The monoisotopic (exact) mass is 1200 g/mol. The molecule has 0 spiro atoms. The van der Waals surface area contributed by atoms with Crippen molar-refractivity contribution in [2.75, 3.05) is 14.2 Å². The number of esters is 3. The van der Waals surface area contributed by atoms with E-state index in [1.807, 2.05) is 166 Å². The predicted molar refractivity (Wildman–Crippen MR) is 327 cm³/mol. The molecule has 22 heteroatoms. The number of alkyl carbamates (subject to hydrolysis) is 2. The number of nitrogens with zero attached hydrogens (tertiary/aromatic N) is 7. The number of aliphatic hydroxyl groups excluding tert-OH is 1.